The van der Waals surface area contributed by atoms with Crippen molar-refractivity contribution in [2.24, 2.45) is 0 Å². The van der Waals surface area contributed by atoms with Crippen LogP contribution in [0.2, 0.25) is 0 Å². The molecule has 4 aromatic rings. The van der Waals surface area contributed by atoms with Crippen LogP contribution in [0.5, 0.6) is 11.5 Å². The lowest BCUT2D eigenvalue weighted by Gasteiger charge is -2.16. The largest absolute Gasteiger partial charge is 0.496 e. The van der Waals surface area contributed by atoms with Gasteiger partial charge in [-0.3, -0.25) is 14.0 Å². The van der Waals surface area contributed by atoms with Crippen molar-refractivity contribution in [1.82, 2.24) is 8.94 Å². The number of halogens is 1. The third-order valence-corrected chi connectivity index (χ3v) is 6.21. The Morgan fingerprint density at radius 2 is 1.83 bits per heavy atom. The van der Waals surface area contributed by atoms with Crippen molar-refractivity contribution >= 4 is 32.7 Å². The monoisotopic (exact) mass is 412 g/mol. The van der Waals surface area contributed by atoms with E-state index in [2.05, 4.69) is 4.37 Å². The summed E-state index contributed by atoms with van der Waals surface area (Å²) < 4.78 is 30.8. The number of hydrogen-bond acceptors (Lipinski definition) is 5. The highest BCUT2D eigenvalue weighted by molar-refractivity contribution is 7.12. The summed E-state index contributed by atoms with van der Waals surface area (Å²) in [5.74, 6) is 0.358. The maximum absolute atomic E-state index is 15.3. The van der Waals surface area contributed by atoms with Crippen LogP contribution in [0.4, 0.5) is 4.39 Å². The smallest absolute Gasteiger partial charge is 0.271 e. The predicted octanol–water partition coefficient (Wildman–Crippen LogP) is 4.06. The summed E-state index contributed by atoms with van der Waals surface area (Å²) in [5, 5.41) is 0.292. The molecule has 29 heavy (non-hydrogen) atoms. The van der Waals surface area contributed by atoms with Gasteiger partial charge in [0, 0.05) is 17.0 Å². The van der Waals surface area contributed by atoms with Crippen molar-refractivity contribution in [3.8, 4) is 22.6 Å². The molecule has 1 fully saturated rings. The molecular formula is C21H17FN2O4S. The van der Waals surface area contributed by atoms with Gasteiger partial charge < -0.3 is 14.0 Å². The summed E-state index contributed by atoms with van der Waals surface area (Å²) >= 11 is 1.14. The Morgan fingerprint density at radius 1 is 1.14 bits per heavy atom. The fourth-order valence-corrected chi connectivity index (χ4v) is 4.78. The first kappa shape index (κ1) is 17.9. The fraction of sp³-hybridized carbons (Fsp3) is 0.238. The lowest BCUT2D eigenvalue weighted by Crippen LogP contribution is -2.15. The Labute approximate surface area is 168 Å². The third kappa shape index (κ3) is 2.59. The van der Waals surface area contributed by atoms with E-state index in [0.717, 1.165) is 24.4 Å². The molecule has 0 radical (unpaired) electrons. The average molecular weight is 412 g/mol. The SMILES string of the molecule is COc1cccc(OC)c1-c1cc2c(cc1F)c(=O)c1c(=O)[nH]sc1n2C1CC1. The lowest BCUT2D eigenvalue weighted by molar-refractivity contribution is 0.397. The number of methoxy groups -OCH3 is 2. The molecule has 2 heterocycles. The molecule has 6 nitrogen and oxygen atoms in total. The van der Waals surface area contributed by atoms with Crippen LogP contribution in [0.25, 0.3) is 32.2 Å². The minimum atomic E-state index is -0.578. The van der Waals surface area contributed by atoms with Gasteiger partial charge in [0.25, 0.3) is 5.56 Å². The molecule has 1 N–H and O–H groups in total. The Hall–Kier alpha value is -3.13. The van der Waals surface area contributed by atoms with Gasteiger partial charge in [-0.15, -0.1) is 0 Å². The average Bonchev–Trinajstić information content (AvgIpc) is 3.49. The van der Waals surface area contributed by atoms with Gasteiger partial charge in [0.05, 0.1) is 25.3 Å². The molecule has 5 rings (SSSR count). The Morgan fingerprint density at radius 3 is 2.45 bits per heavy atom. The maximum atomic E-state index is 15.3. The summed E-state index contributed by atoms with van der Waals surface area (Å²) in [5.41, 5.74) is 0.482. The molecule has 2 aromatic heterocycles. The van der Waals surface area contributed by atoms with Gasteiger partial charge in [-0.1, -0.05) is 6.07 Å². The number of nitrogens with zero attached hydrogens (tertiary/aromatic N) is 1. The molecule has 0 saturated heterocycles. The minimum absolute atomic E-state index is 0.0939. The van der Waals surface area contributed by atoms with Crippen molar-refractivity contribution in [3.63, 3.8) is 0 Å². The summed E-state index contributed by atoms with van der Waals surface area (Å²) in [7, 11) is 3.02. The predicted molar refractivity (Wildman–Crippen MR) is 111 cm³/mol. The molecule has 0 aliphatic heterocycles. The van der Waals surface area contributed by atoms with E-state index >= 15 is 4.39 Å². The molecule has 1 saturated carbocycles. The maximum Gasteiger partial charge on any atom is 0.271 e. The molecular weight excluding hydrogens is 395 g/mol. The van der Waals surface area contributed by atoms with Crippen LogP contribution in [0.1, 0.15) is 18.9 Å². The number of aromatic amines is 1. The second kappa shape index (κ2) is 6.45. The summed E-state index contributed by atoms with van der Waals surface area (Å²) in [6.45, 7) is 0. The van der Waals surface area contributed by atoms with Crippen LogP contribution < -0.4 is 20.5 Å². The Kier molecular flexibility index (Phi) is 3.99. The number of aromatic nitrogens is 2. The summed E-state index contributed by atoms with van der Waals surface area (Å²) in [6.07, 6.45) is 1.90. The Balaban J connectivity index is 1.94. The van der Waals surface area contributed by atoms with Crippen molar-refractivity contribution in [1.29, 1.82) is 0 Å². The standard InChI is InChI=1S/C21H17FN2O4S/c1-27-15-4-3-5-16(28-2)17(15)11-9-14-12(8-13(11)22)19(25)18-20(26)23-29-21(18)24(14)10-6-7-10/h3-5,8-10H,6-7H2,1-2H3,(H,23,26). The van der Waals surface area contributed by atoms with E-state index in [9.17, 15) is 9.59 Å². The first-order chi connectivity index (χ1) is 14.0. The fourth-order valence-electron chi connectivity index (χ4n) is 3.85. The number of pyridine rings is 1. The number of hydrogen-bond donors (Lipinski definition) is 1. The van der Waals surface area contributed by atoms with Crippen LogP contribution in [-0.2, 0) is 0 Å². The van der Waals surface area contributed by atoms with Crippen molar-refractivity contribution in [2.45, 2.75) is 18.9 Å². The minimum Gasteiger partial charge on any atom is -0.496 e. The van der Waals surface area contributed by atoms with Crippen LogP contribution in [0.3, 0.4) is 0 Å². The zero-order chi connectivity index (χ0) is 20.3. The van der Waals surface area contributed by atoms with Gasteiger partial charge >= 0.3 is 0 Å². The number of ether oxygens (including phenoxy) is 2. The Bertz CT molecular complexity index is 1380. The zero-order valence-corrected chi connectivity index (χ0v) is 16.6. The number of benzene rings is 2. The quantitative estimate of drug-likeness (QED) is 0.549. The summed E-state index contributed by atoms with van der Waals surface area (Å²) in [6, 6.07) is 8.29. The molecule has 0 unspecified atom stereocenters. The molecule has 0 spiro atoms. The second-order valence-electron chi connectivity index (χ2n) is 7.03. The molecule has 148 valence electrons. The molecule has 0 amide bonds. The summed E-state index contributed by atoms with van der Waals surface area (Å²) in [4.78, 5) is 25.8. The second-order valence-corrected chi connectivity index (χ2v) is 7.83. The lowest BCUT2D eigenvalue weighted by atomic mass is 10.00. The number of nitrogens with one attached hydrogen (secondary N) is 1. The molecule has 0 atom stereocenters. The number of H-pyrrole nitrogens is 1. The highest BCUT2D eigenvalue weighted by Crippen LogP contribution is 2.43. The number of rotatable bonds is 4. The molecule has 1 aliphatic carbocycles. The van der Waals surface area contributed by atoms with Gasteiger partial charge in [0.2, 0.25) is 5.43 Å². The van der Waals surface area contributed by atoms with Crippen LogP contribution in [0, 0.1) is 5.82 Å². The van der Waals surface area contributed by atoms with Crippen LogP contribution >= 0.6 is 11.5 Å². The van der Waals surface area contributed by atoms with E-state index in [4.69, 9.17) is 9.47 Å². The van der Waals surface area contributed by atoms with Crippen LogP contribution in [0.15, 0.2) is 39.9 Å². The van der Waals surface area contributed by atoms with Crippen molar-refractivity contribution < 1.29 is 13.9 Å². The number of fused-ring (bicyclic) bond motifs is 2. The molecule has 1 aliphatic rings. The first-order valence-electron chi connectivity index (χ1n) is 9.15. The van der Waals surface area contributed by atoms with E-state index in [0.29, 0.717) is 27.4 Å². The van der Waals surface area contributed by atoms with Crippen molar-refractivity contribution in [3.05, 3.63) is 56.7 Å². The van der Waals surface area contributed by atoms with E-state index in [1.165, 1.54) is 20.3 Å². The van der Waals surface area contributed by atoms with Gasteiger partial charge in [-0.2, -0.15) is 0 Å². The normalized spacial score (nSPS) is 13.9. The zero-order valence-electron chi connectivity index (χ0n) is 15.7. The highest BCUT2D eigenvalue weighted by Gasteiger charge is 2.29. The highest BCUT2D eigenvalue weighted by atomic mass is 32.1. The molecule has 0 bridgehead atoms. The van der Waals surface area contributed by atoms with E-state index in [-0.39, 0.29) is 22.4 Å². The van der Waals surface area contributed by atoms with Crippen molar-refractivity contribution in [2.75, 3.05) is 14.2 Å². The first-order valence-corrected chi connectivity index (χ1v) is 9.97. The van der Waals surface area contributed by atoms with Crippen LogP contribution in [-0.4, -0.2) is 23.2 Å². The van der Waals surface area contributed by atoms with E-state index in [1.807, 2.05) is 4.57 Å². The van der Waals surface area contributed by atoms with Gasteiger partial charge in [-0.05, 0) is 48.6 Å². The van der Waals surface area contributed by atoms with Gasteiger partial charge in [-0.25, -0.2) is 4.39 Å². The topological polar surface area (TPSA) is 73.3 Å². The van der Waals surface area contributed by atoms with E-state index < -0.39 is 16.8 Å². The third-order valence-electron chi connectivity index (χ3n) is 5.33. The van der Waals surface area contributed by atoms with Gasteiger partial charge in [0.15, 0.2) is 0 Å². The van der Waals surface area contributed by atoms with Gasteiger partial charge in [0.1, 0.15) is 27.5 Å². The molecule has 2 aromatic carbocycles. The molecule has 8 heteroatoms. The van der Waals surface area contributed by atoms with E-state index in [1.54, 1.807) is 24.3 Å².